The van der Waals surface area contributed by atoms with Crippen LogP contribution >= 0.6 is 11.6 Å². The highest BCUT2D eigenvalue weighted by molar-refractivity contribution is 6.68. The molecule has 2 rings (SSSR count). The summed E-state index contributed by atoms with van der Waals surface area (Å²) < 4.78 is 0. The maximum Gasteiger partial charge on any atom is 0.302 e. The molecule has 1 amide bonds. The lowest BCUT2D eigenvalue weighted by molar-refractivity contribution is -0.133. The van der Waals surface area contributed by atoms with Crippen molar-refractivity contribution in [2.24, 2.45) is 0 Å². The highest BCUT2D eigenvalue weighted by atomic mass is 35.5. The second-order valence-electron chi connectivity index (χ2n) is 4.36. The molecule has 21 heavy (non-hydrogen) atoms. The minimum Gasteiger partial charge on any atom is -0.308 e. The molecule has 4 nitrogen and oxygen atoms in total. The quantitative estimate of drug-likeness (QED) is 0.496. The van der Waals surface area contributed by atoms with Crippen molar-refractivity contribution in [2.75, 3.05) is 11.9 Å². The lowest BCUT2D eigenvalue weighted by Gasteiger charge is -2.15. The van der Waals surface area contributed by atoms with Crippen LogP contribution in [0.15, 0.2) is 54.6 Å². The summed E-state index contributed by atoms with van der Waals surface area (Å²) in [5.41, 5.74) is 0.680. The average molecular weight is 302 g/mol. The van der Waals surface area contributed by atoms with Gasteiger partial charge in [-0.1, -0.05) is 29.8 Å². The normalized spacial score (nSPS) is 10.0. The molecule has 0 heterocycles. The number of nitrogens with zero attached hydrogens (tertiary/aromatic N) is 1. The van der Waals surface area contributed by atoms with Crippen molar-refractivity contribution in [3.63, 3.8) is 0 Å². The number of benzene rings is 2. The van der Waals surface area contributed by atoms with Crippen molar-refractivity contribution >= 4 is 34.8 Å². The van der Waals surface area contributed by atoms with E-state index in [1.165, 1.54) is 31.3 Å². The molecular weight excluding hydrogens is 290 g/mol. The Balaban J connectivity index is 2.17. The maximum atomic E-state index is 12.1. The van der Waals surface area contributed by atoms with Gasteiger partial charge in [-0.25, -0.2) is 0 Å². The number of amides is 1. The van der Waals surface area contributed by atoms with Gasteiger partial charge >= 0.3 is 5.91 Å². The van der Waals surface area contributed by atoms with Crippen LogP contribution in [0, 0.1) is 0 Å². The lowest BCUT2D eigenvalue weighted by atomic mass is 10.1. The fourth-order valence-electron chi connectivity index (χ4n) is 1.75. The smallest absolute Gasteiger partial charge is 0.302 e. The second kappa shape index (κ2) is 6.33. The molecular formula is C16H12ClNO3. The maximum absolute atomic E-state index is 12.1. The van der Waals surface area contributed by atoms with Gasteiger partial charge in [0.2, 0.25) is 5.78 Å². The predicted octanol–water partition coefficient (Wildman–Crippen LogP) is 2.75. The number of hydrogen-bond acceptors (Lipinski definition) is 3. The minimum absolute atomic E-state index is 0.138. The molecule has 0 spiro atoms. The Hall–Kier alpha value is -2.46. The third kappa shape index (κ3) is 3.35. The van der Waals surface area contributed by atoms with Crippen LogP contribution in [0.2, 0.25) is 5.02 Å². The van der Waals surface area contributed by atoms with E-state index in [0.29, 0.717) is 10.7 Å². The van der Waals surface area contributed by atoms with Crippen molar-refractivity contribution < 1.29 is 14.4 Å². The number of Topliss-reactive ketones (excluding diaryl/α,β-unsaturated/α-hetero) is 2. The number of carbonyl (C=O) groups is 3. The molecule has 0 aliphatic rings. The molecule has 2 aromatic carbocycles. The Morgan fingerprint density at radius 3 is 2.05 bits per heavy atom. The largest absolute Gasteiger partial charge is 0.308 e. The summed E-state index contributed by atoms with van der Waals surface area (Å²) in [5, 5.41) is 0.451. The average Bonchev–Trinajstić information content (AvgIpc) is 2.53. The monoisotopic (exact) mass is 301 g/mol. The fraction of sp³-hybridized carbons (Fsp3) is 0.0625. The van der Waals surface area contributed by atoms with Crippen molar-refractivity contribution in [1.29, 1.82) is 0 Å². The first kappa shape index (κ1) is 14.9. The molecule has 0 radical (unpaired) electrons. The van der Waals surface area contributed by atoms with Crippen molar-refractivity contribution in [3.05, 3.63) is 65.2 Å². The van der Waals surface area contributed by atoms with Crippen molar-refractivity contribution in [1.82, 2.24) is 0 Å². The van der Waals surface area contributed by atoms with E-state index in [9.17, 15) is 14.4 Å². The molecule has 0 bridgehead atoms. The molecule has 0 fully saturated rings. The second-order valence-corrected chi connectivity index (χ2v) is 4.80. The number of likely N-dealkylation sites (N-methyl/N-ethyl adjacent to an activating group) is 1. The van der Waals surface area contributed by atoms with Gasteiger partial charge in [-0.2, -0.15) is 0 Å². The van der Waals surface area contributed by atoms with Crippen molar-refractivity contribution in [3.8, 4) is 0 Å². The van der Waals surface area contributed by atoms with Crippen LogP contribution in [0.3, 0.4) is 0 Å². The van der Waals surface area contributed by atoms with E-state index in [1.54, 1.807) is 30.3 Å². The Bertz CT molecular complexity index is 680. The van der Waals surface area contributed by atoms with Gasteiger partial charge in [-0.05, 0) is 36.4 Å². The molecule has 0 saturated heterocycles. The van der Waals surface area contributed by atoms with Crippen LogP contribution in [0.4, 0.5) is 5.69 Å². The van der Waals surface area contributed by atoms with E-state index in [1.807, 2.05) is 0 Å². The number of ketones is 2. The molecule has 0 aliphatic heterocycles. The van der Waals surface area contributed by atoms with Crippen LogP contribution in [0.25, 0.3) is 0 Å². The van der Waals surface area contributed by atoms with E-state index in [2.05, 4.69) is 0 Å². The number of hydrogen-bond donors (Lipinski definition) is 0. The first-order valence-electron chi connectivity index (χ1n) is 6.18. The van der Waals surface area contributed by atoms with E-state index >= 15 is 0 Å². The third-order valence-corrected chi connectivity index (χ3v) is 3.21. The number of carbonyl (C=O) groups excluding carboxylic acids is 3. The van der Waals surface area contributed by atoms with Gasteiger partial charge in [0.15, 0.2) is 0 Å². The number of anilines is 1. The Kier molecular flexibility index (Phi) is 4.50. The van der Waals surface area contributed by atoms with Crippen LogP contribution in [0.5, 0.6) is 0 Å². The standard InChI is InChI=1S/C16H12ClNO3/c1-18(13-5-3-2-4-6-13)16(21)15(20)14(19)11-7-9-12(17)10-8-11/h2-10H,1H3. The van der Waals surface area contributed by atoms with Crippen LogP contribution in [-0.2, 0) is 9.59 Å². The lowest BCUT2D eigenvalue weighted by Crippen LogP contribution is -2.37. The Labute approximate surface area is 126 Å². The molecule has 0 aromatic heterocycles. The van der Waals surface area contributed by atoms with E-state index < -0.39 is 17.5 Å². The van der Waals surface area contributed by atoms with Gasteiger partial charge in [-0.15, -0.1) is 0 Å². The van der Waals surface area contributed by atoms with E-state index in [-0.39, 0.29) is 5.56 Å². The first-order chi connectivity index (χ1) is 10.0. The van der Waals surface area contributed by atoms with Crippen LogP contribution in [-0.4, -0.2) is 24.5 Å². The summed E-state index contributed by atoms with van der Waals surface area (Å²) >= 11 is 5.72. The van der Waals surface area contributed by atoms with E-state index in [0.717, 1.165) is 4.90 Å². The van der Waals surface area contributed by atoms with Crippen LogP contribution < -0.4 is 4.90 Å². The first-order valence-corrected chi connectivity index (χ1v) is 6.56. The number of para-hydroxylation sites is 1. The summed E-state index contributed by atoms with van der Waals surface area (Å²) in [6.45, 7) is 0. The van der Waals surface area contributed by atoms with Gasteiger partial charge in [0, 0.05) is 23.3 Å². The summed E-state index contributed by atoms with van der Waals surface area (Å²) in [6, 6.07) is 14.4. The molecule has 2 aromatic rings. The van der Waals surface area contributed by atoms with Gasteiger partial charge in [0.1, 0.15) is 0 Å². The zero-order valence-corrected chi connectivity index (χ0v) is 12.0. The topological polar surface area (TPSA) is 54.5 Å². The Morgan fingerprint density at radius 1 is 0.905 bits per heavy atom. The molecule has 0 N–H and O–H groups in total. The molecule has 5 heteroatoms. The molecule has 0 unspecified atom stereocenters. The van der Waals surface area contributed by atoms with Gasteiger partial charge < -0.3 is 4.90 Å². The fourth-order valence-corrected chi connectivity index (χ4v) is 1.88. The van der Waals surface area contributed by atoms with Gasteiger partial charge in [0.05, 0.1) is 0 Å². The van der Waals surface area contributed by atoms with Crippen molar-refractivity contribution in [2.45, 2.75) is 0 Å². The number of rotatable bonds is 4. The molecule has 0 saturated carbocycles. The van der Waals surface area contributed by atoms with Crippen LogP contribution in [0.1, 0.15) is 10.4 Å². The predicted molar refractivity (Wildman–Crippen MR) is 80.6 cm³/mol. The zero-order chi connectivity index (χ0) is 15.4. The van der Waals surface area contributed by atoms with E-state index in [4.69, 9.17) is 11.6 Å². The summed E-state index contributed by atoms with van der Waals surface area (Å²) in [4.78, 5) is 37.2. The SMILES string of the molecule is CN(C(=O)C(=O)C(=O)c1ccc(Cl)cc1)c1ccccc1. The third-order valence-electron chi connectivity index (χ3n) is 2.96. The molecule has 0 aliphatic carbocycles. The minimum atomic E-state index is -1.08. The zero-order valence-electron chi connectivity index (χ0n) is 11.2. The Morgan fingerprint density at radius 2 is 1.48 bits per heavy atom. The highest BCUT2D eigenvalue weighted by Gasteiger charge is 2.27. The number of halogens is 1. The summed E-state index contributed by atoms with van der Waals surface area (Å²) in [7, 11) is 1.45. The highest BCUT2D eigenvalue weighted by Crippen LogP contribution is 2.14. The summed E-state index contributed by atoms with van der Waals surface area (Å²) in [6.07, 6.45) is 0. The summed E-state index contributed by atoms with van der Waals surface area (Å²) in [5.74, 6) is -2.80. The molecule has 0 atom stereocenters. The van der Waals surface area contributed by atoms with Gasteiger partial charge in [0.25, 0.3) is 5.78 Å². The molecule has 106 valence electrons. The van der Waals surface area contributed by atoms with Gasteiger partial charge in [-0.3, -0.25) is 14.4 Å².